The van der Waals surface area contributed by atoms with Crippen molar-refractivity contribution in [2.24, 2.45) is 11.3 Å². The Balaban J connectivity index is 2.77. The topological polar surface area (TPSA) is 38.0 Å². The number of nitrogens with one attached hydrogen (secondary N) is 1. The van der Waals surface area contributed by atoms with Crippen LogP contribution in [0, 0.1) is 5.41 Å². The molecule has 1 atom stereocenters. The maximum Gasteiger partial charge on any atom is 0.0301 e. The van der Waals surface area contributed by atoms with E-state index in [1.165, 1.54) is 11.1 Å². The standard InChI is InChI=1S/C16H28N2/c1-6-16(4,5)15(18-17)11-13-7-9-14(10-8-13)12(2)3/h7-10,12,15,18H,6,11,17H2,1-5H3. The molecule has 0 amide bonds. The van der Waals surface area contributed by atoms with E-state index < -0.39 is 0 Å². The van der Waals surface area contributed by atoms with Crippen molar-refractivity contribution >= 4 is 0 Å². The molecule has 1 aromatic rings. The van der Waals surface area contributed by atoms with Crippen molar-refractivity contribution in [3.8, 4) is 0 Å². The first kappa shape index (κ1) is 15.2. The zero-order valence-electron chi connectivity index (χ0n) is 12.5. The van der Waals surface area contributed by atoms with Crippen LogP contribution in [0.15, 0.2) is 24.3 Å². The van der Waals surface area contributed by atoms with Gasteiger partial charge in [0.1, 0.15) is 0 Å². The third kappa shape index (κ3) is 3.82. The fourth-order valence-electron chi connectivity index (χ4n) is 2.08. The monoisotopic (exact) mass is 248 g/mol. The highest BCUT2D eigenvalue weighted by atomic mass is 15.2. The summed E-state index contributed by atoms with van der Waals surface area (Å²) < 4.78 is 0. The van der Waals surface area contributed by atoms with Crippen molar-refractivity contribution in [2.45, 2.75) is 59.4 Å². The Labute approximate surface area is 112 Å². The molecule has 2 nitrogen and oxygen atoms in total. The smallest absolute Gasteiger partial charge is 0.0301 e. The Morgan fingerprint density at radius 3 is 2.11 bits per heavy atom. The summed E-state index contributed by atoms with van der Waals surface area (Å²) in [7, 11) is 0. The molecule has 18 heavy (non-hydrogen) atoms. The van der Waals surface area contributed by atoms with Crippen molar-refractivity contribution in [3.63, 3.8) is 0 Å². The third-order valence-corrected chi connectivity index (χ3v) is 4.14. The van der Waals surface area contributed by atoms with Gasteiger partial charge < -0.3 is 0 Å². The Bertz CT molecular complexity index is 352. The average molecular weight is 248 g/mol. The molecule has 1 rings (SSSR count). The molecule has 0 bridgehead atoms. The molecule has 0 aromatic heterocycles. The van der Waals surface area contributed by atoms with Gasteiger partial charge in [-0.25, -0.2) is 0 Å². The van der Waals surface area contributed by atoms with E-state index >= 15 is 0 Å². The number of nitrogens with two attached hydrogens (primary N) is 1. The quantitative estimate of drug-likeness (QED) is 0.596. The highest BCUT2D eigenvalue weighted by Gasteiger charge is 2.26. The second-order valence-electron chi connectivity index (χ2n) is 6.16. The molecule has 1 aromatic carbocycles. The average Bonchev–Trinajstić information content (AvgIpc) is 2.36. The first-order valence-corrected chi connectivity index (χ1v) is 6.95. The molecule has 0 fully saturated rings. The minimum absolute atomic E-state index is 0.214. The first-order valence-electron chi connectivity index (χ1n) is 6.95. The summed E-state index contributed by atoms with van der Waals surface area (Å²) >= 11 is 0. The van der Waals surface area contributed by atoms with Crippen LogP contribution in [0.1, 0.15) is 58.1 Å². The van der Waals surface area contributed by atoms with E-state index in [1.807, 2.05) is 0 Å². The summed E-state index contributed by atoms with van der Waals surface area (Å²) in [5, 5.41) is 0. The van der Waals surface area contributed by atoms with E-state index in [0.717, 1.165) is 12.8 Å². The van der Waals surface area contributed by atoms with E-state index in [0.29, 0.717) is 12.0 Å². The lowest BCUT2D eigenvalue weighted by atomic mass is 9.79. The minimum Gasteiger partial charge on any atom is -0.271 e. The zero-order chi connectivity index (χ0) is 13.8. The SMILES string of the molecule is CCC(C)(C)C(Cc1ccc(C(C)C)cc1)NN. The highest BCUT2D eigenvalue weighted by Crippen LogP contribution is 2.27. The van der Waals surface area contributed by atoms with Crippen LogP contribution in [-0.2, 0) is 6.42 Å². The molecular formula is C16H28N2. The fraction of sp³-hybridized carbons (Fsp3) is 0.625. The summed E-state index contributed by atoms with van der Waals surface area (Å²) in [5.74, 6) is 6.30. The van der Waals surface area contributed by atoms with Crippen LogP contribution >= 0.6 is 0 Å². The maximum atomic E-state index is 5.71. The van der Waals surface area contributed by atoms with Gasteiger partial charge in [0.2, 0.25) is 0 Å². The van der Waals surface area contributed by atoms with Gasteiger partial charge in [-0.3, -0.25) is 11.3 Å². The fourth-order valence-corrected chi connectivity index (χ4v) is 2.08. The predicted octanol–water partition coefficient (Wildman–Crippen LogP) is 3.62. The van der Waals surface area contributed by atoms with E-state index in [-0.39, 0.29) is 5.41 Å². The van der Waals surface area contributed by atoms with Crippen molar-refractivity contribution in [1.82, 2.24) is 5.43 Å². The summed E-state index contributed by atoms with van der Waals surface area (Å²) in [6, 6.07) is 9.22. The molecule has 2 heteroatoms. The van der Waals surface area contributed by atoms with E-state index in [1.54, 1.807) is 0 Å². The van der Waals surface area contributed by atoms with Gasteiger partial charge in [-0.2, -0.15) is 0 Å². The summed E-state index contributed by atoms with van der Waals surface area (Å²) in [6.45, 7) is 11.2. The van der Waals surface area contributed by atoms with Crippen molar-refractivity contribution < 1.29 is 0 Å². The largest absolute Gasteiger partial charge is 0.271 e. The number of hydrogen-bond acceptors (Lipinski definition) is 2. The molecule has 0 aliphatic rings. The van der Waals surface area contributed by atoms with Crippen molar-refractivity contribution in [3.05, 3.63) is 35.4 Å². The summed E-state index contributed by atoms with van der Waals surface area (Å²) in [4.78, 5) is 0. The van der Waals surface area contributed by atoms with Gasteiger partial charge in [0.05, 0.1) is 0 Å². The Hall–Kier alpha value is -0.860. The van der Waals surface area contributed by atoms with Gasteiger partial charge in [0.15, 0.2) is 0 Å². The molecular weight excluding hydrogens is 220 g/mol. The van der Waals surface area contributed by atoms with Crippen LogP contribution in [0.3, 0.4) is 0 Å². The van der Waals surface area contributed by atoms with Crippen molar-refractivity contribution in [2.75, 3.05) is 0 Å². The molecule has 0 heterocycles. The van der Waals surface area contributed by atoms with E-state index in [4.69, 9.17) is 5.84 Å². The van der Waals surface area contributed by atoms with Crippen LogP contribution in [0.5, 0.6) is 0 Å². The number of rotatable bonds is 6. The molecule has 0 saturated carbocycles. The minimum atomic E-state index is 0.214. The van der Waals surface area contributed by atoms with Crippen LogP contribution in [0.4, 0.5) is 0 Å². The molecule has 0 radical (unpaired) electrons. The molecule has 0 aliphatic carbocycles. The summed E-state index contributed by atoms with van der Waals surface area (Å²) in [6.07, 6.45) is 2.10. The molecule has 3 N–H and O–H groups in total. The number of hydrogen-bond donors (Lipinski definition) is 2. The van der Waals surface area contributed by atoms with Crippen LogP contribution < -0.4 is 11.3 Å². The number of benzene rings is 1. The number of hydrazine groups is 1. The van der Waals surface area contributed by atoms with Crippen molar-refractivity contribution in [1.29, 1.82) is 0 Å². The van der Waals surface area contributed by atoms with Gasteiger partial charge in [-0.15, -0.1) is 0 Å². The summed E-state index contributed by atoms with van der Waals surface area (Å²) in [5.41, 5.74) is 5.94. The molecule has 102 valence electrons. The van der Waals surface area contributed by atoms with Crippen LogP contribution in [0.2, 0.25) is 0 Å². The third-order valence-electron chi connectivity index (χ3n) is 4.14. The molecule has 1 unspecified atom stereocenters. The van der Waals surface area contributed by atoms with Gasteiger partial charge >= 0.3 is 0 Å². The maximum absolute atomic E-state index is 5.71. The Morgan fingerprint density at radius 2 is 1.72 bits per heavy atom. The van der Waals surface area contributed by atoms with Gasteiger partial charge in [0.25, 0.3) is 0 Å². The van der Waals surface area contributed by atoms with Gasteiger partial charge in [0, 0.05) is 6.04 Å². The van der Waals surface area contributed by atoms with Gasteiger partial charge in [-0.05, 0) is 35.3 Å². The first-order chi connectivity index (χ1) is 8.40. The lowest BCUT2D eigenvalue weighted by Gasteiger charge is -2.33. The van der Waals surface area contributed by atoms with Crippen LogP contribution in [0.25, 0.3) is 0 Å². The lowest BCUT2D eigenvalue weighted by Crippen LogP contribution is -2.46. The van der Waals surface area contributed by atoms with Gasteiger partial charge in [-0.1, -0.05) is 58.9 Å². The van der Waals surface area contributed by atoms with Crippen LogP contribution in [-0.4, -0.2) is 6.04 Å². The normalized spacial score (nSPS) is 13.9. The predicted molar refractivity (Wildman–Crippen MR) is 79.4 cm³/mol. The Morgan fingerprint density at radius 1 is 1.17 bits per heavy atom. The van der Waals surface area contributed by atoms with E-state index in [2.05, 4.69) is 64.3 Å². The molecule has 0 spiro atoms. The Kier molecular flexibility index (Phi) is 5.36. The van der Waals surface area contributed by atoms with E-state index in [9.17, 15) is 0 Å². The highest BCUT2D eigenvalue weighted by molar-refractivity contribution is 5.25. The second-order valence-corrected chi connectivity index (χ2v) is 6.16. The molecule has 0 saturated heterocycles. The molecule has 0 aliphatic heterocycles. The zero-order valence-corrected chi connectivity index (χ0v) is 12.5. The second kappa shape index (κ2) is 6.35. The lowest BCUT2D eigenvalue weighted by molar-refractivity contribution is 0.231.